The maximum atomic E-state index is 11.7. The van der Waals surface area contributed by atoms with E-state index in [0.717, 1.165) is 5.92 Å². The van der Waals surface area contributed by atoms with Gasteiger partial charge < -0.3 is 10.6 Å². The van der Waals surface area contributed by atoms with E-state index in [1.54, 1.807) is 0 Å². The highest BCUT2D eigenvalue weighted by Gasteiger charge is 2.25. The molecule has 0 saturated heterocycles. The number of amides is 1. The first-order valence-corrected chi connectivity index (χ1v) is 6.77. The average molecular weight is 224 g/mol. The van der Waals surface area contributed by atoms with Gasteiger partial charge >= 0.3 is 0 Å². The van der Waals surface area contributed by atoms with Gasteiger partial charge in [0, 0.05) is 12.1 Å². The molecule has 0 aromatic heterocycles. The number of carbonyl (C=O) groups is 1. The Kier molecular flexibility index (Phi) is 4.22. The van der Waals surface area contributed by atoms with Crippen LogP contribution in [0.2, 0.25) is 0 Å². The molecule has 2 saturated carbocycles. The van der Waals surface area contributed by atoms with E-state index in [1.807, 2.05) is 0 Å². The van der Waals surface area contributed by atoms with E-state index in [0.29, 0.717) is 18.6 Å². The number of nitrogens with one attached hydrogen (secondary N) is 2. The highest BCUT2D eigenvalue weighted by atomic mass is 16.1. The maximum Gasteiger partial charge on any atom is 0.234 e. The molecule has 3 heteroatoms. The van der Waals surface area contributed by atoms with Crippen molar-refractivity contribution in [2.75, 3.05) is 6.54 Å². The molecule has 0 atom stereocenters. The SMILES string of the molecule is CC1CC(NCC(=O)NC2CCCCC2)C1. The van der Waals surface area contributed by atoms with Crippen LogP contribution in [-0.4, -0.2) is 24.5 Å². The van der Waals surface area contributed by atoms with E-state index in [-0.39, 0.29) is 5.91 Å². The molecule has 3 nitrogen and oxygen atoms in total. The van der Waals surface area contributed by atoms with Crippen molar-refractivity contribution in [3.63, 3.8) is 0 Å². The second-order valence-electron chi connectivity index (χ2n) is 5.56. The fraction of sp³-hybridized carbons (Fsp3) is 0.923. The summed E-state index contributed by atoms with van der Waals surface area (Å²) < 4.78 is 0. The van der Waals surface area contributed by atoms with Gasteiger partial charge in [-0.2, -0.15) is 0 Å². The Hall–Kier alpha value is -0.570. The summed E-state index contributed by atoms with van der Waals surface area (Å²) in [5, 5.41) is 6.46. The van der Waals surface area contributed by atoms with Gasteiger partial charge in [0.05, 0.1) is 6.54 Å². The van der Waals surface area contributed by atoms with Gasteiger partial charge in [0.15, 0.2) is 0 Å². The minimum absolute atomic E-state index is 0.187. The van der Waals surface area contributed by atoms with Gasteiger partial charge in [0.25, 0.3) is 0 Å². The molecule has 2 N–H and O–H groups in total. The lowest BCUT2D eigenvalue weighted by molar-refractivity contribution is -0.121. The average Bonchev–Trinajstić information content (AvgIpc) is 2.24. The van der Waals surface area contributed by atoms with Crippen LogP contribution in [0.5, 0.6) is 0 Å². The Labute approximate surface area is 98.4 Å². The van der Waals surface area contributed by atoms with Crippen LogP contribution < -0.4 is 10.6 Å². The molecule has 1 amide bonds. The predicted octanol–water partition coefficient (Wildman–Crippen LogP) is 1.82. The van der Waals surface area contributed by atoms with Crippen molar-refractivity contribution in [2.24, 2.45) is 5.92 Å². The highest BCUT2D eigenvalue weighted by molar-refractivity contribution is 5.78. The molecule has 2 aliphatic carbocycles. The van der Waals surface area contributed by atoms with E-state index >= 15 is 0 Å². The van der Waals surface area contributed by atoms with Crippen molar-refractivity contribution in [1.29, 1.82) is 0 Å². The van der Waals surface area contributed by atoms with Crippen molar-refractivity contribution < 1.29 is 4.79 Å². The van der Waals surface area contributed by atoms with Gasteiger partial charge in [0.1, 0.15) is 0 Å². The van der Waals surface area contributed by atoms with E-state index in [9.17, 15) is 4.79 Å². The first-order valence-electron chi connectivity index (χ1n) is 6.77. The first-order chi connectivity index (χ1) is 7.74. The highest BCUT2D eigenvalue weighted by Crippen LogP contribution is 2.25. The third-order valence-corrected chi connectivity index (χ3v) is 3.90. The number of hydrogen-bond donors (Lipinski definition) is 2. The lowest BCUT2D eigenvalue weighted by atomic mass is 9.82. The summed E-state index contributed by atoms with van der Waals surface area (Å²) in [6, 6.07) is 1.04. The minimum Gasteiger partial charge on any atom is -0.352 e. The quantitative estimate of drug-likeness (QED) is 0.765. The molecular weight excluding hydrogens is 200 g/mol. The van der Waals surface area contributed by atoms with Crippen LogP contribution in [0.4, 0.5) is 0 Å². The largest absolute Gasteiger partial charge is 0.352 e. The predicted molar refractivity (Wildman–Crippen MR) is 65.2 cm³/mol. The van der Waals surface area contributed by atoms with Crippen molar-refractivity contribution in [2.45, 2.75) is 64.0 Å². The van der Waals surface area contributed by atoms with Gasteiger partial charge in [0.2, 0.25) is 5.91 Å². The molecule has 0 aliphatic heterocycles. The van der Waals surface area contributed by atoms with E-state index < -0.39 is 0 Å². The van der Waals surface area contributed by atoms with Crippen LogP contribution in [-0.2, 0) is 4.79 Å². The molecule has 0 spiro atoms. The number of rotatable bonds is 4. The second kappa shape index (κ2) is 5.67. The lowest BCUT2D eigenvalue weighted by Crippen LogP contribution is -2.47. The fourth-order valence-electron chi connectivity index (χ4n) is 2.83. The van der Waals surface area contributed by atoms with Crippen LogP contribution in [0.15, 0.2) is 0 Å². The van der Waals surface area contributed by atoms with E-state index in [4.69, 9.17) is 0 Å². The zero-order chi connectivity index (χ0) is 11.4. The van der Waals surface area contributed by atoms with Gasteiger partial charge in [-0.3, -0.25) is 4.79 Å². The summed E-state index contributed by atoms with van der Waals surface area (Å²) >= 11 is 0. The smallest absolute Gasteiger partial charge is 0.234 e. The van der Waals surface area contributed by atoms with Crippen LogP contribution in [0.3, 0.4) is 0 Å². The Balaban J connectivity index is 1.57. The molecule has 0 unspecified atom stereocenters. The Morgan fingerprint density at radius 3 is 2.44 bits per heavy atom. The van der Waals surface area contributed by atoms with Gasteiger partial charge in [-0.15, -0.1) is 0 Å². The second-order valence-corrected chi connectivity index (χ2v) is 5.56. The van der Waals surface area contributed by atoms with Gasteiger partial charge in [-0.1, -0.05) is 26.2 Å². The van der Waals surface area contributed by atoms with Gasteiger partial charge in [-0.25, -0.2) is 0 Å². The van der Waals surface area contributed by atoms with Crippen molar-refractivity contribution in [1.82, 2.24) is 10.6 Å². The van der Waals surface area contributed by atoms with Gasteiger partial charge in [-0.05, 0) is 31.6 Å². The Morgan fingerprint density at radius 2 is 1.81 bits per heavy atom. The third kappa shape index (κ3) is 3.48. The van der Waals surface area contributed by atoms with Crippen LogP contribution in [0.25, 0.3) is 0 Å². The minimum atomic E-state index is 0.187. The zero-order valence-corrected chi connectivity index (χ0v) is 10.3. The Bertz CT molecular complexity index is 230. The number of carbonyl (C=O) groups excluding carboxylic acids is 1. The topological polar surface area (TPSA) is 41.1 Å². The molecule has 16 heavy (non-hydrogen) atoms. The van der Waals surface area contributed by atoms with Crippen LogP contribution in [0.1, 0.15) is 51.9 Å². The summed E-state index contributed by atoms with van der Waals surface area (Å²) in [6.07, 6.45) is 8.70. The molecule has 0 aromatic carbocycles. The molecule has 92 valence electrons. The molecule has 0 heterocycles. The fourth-order valence-corrected chi connectivity index (χ4v) is 2.83. The molecule has 0 bridgehead atoms. The third-order valence-electron chi connectivity index (χ3n) is 3.90. The van der Waals surface area contributed by atoms with Crippen molar-refractivity contribution >= 4 is 5.91 Å². The maximum absolute atomic E-state index is 11.7. The van der Waals surface area contributed by atoms with Crippen LogP contribution in [0, 0.1) is 5.92 Å². The standard InChI is InChI=1S/C13H24N2O/c1-10-7-12(8-10)14-9-13(16)15-11-5-3-2-4-6-11/h10-12,14H,2-9H2,1H3,(H,15,16). The monoisotopic (exact) mass is 224 g/mol. The summed E-state index contributed by atoms with van der Waals surface area (Å²) in [4.78, 5) is 11.7. The summed E-state index contributed by atoms with van der Waals surface area (Å²) in [5.41, 5.74) is 0. The molecule has 0 aromatic rings. The van der Waals surface area contributed by atoms with E-state index in [1.165, 1.54) is 44.9 Å². The molecule has 2 fully saturated rings. The Morgan fingerprint density at radius 1 is 1.12 bits per heavy atom. The molecule has 0 radical (unpaired) electrons. The normalized spacial score (nSPS) is 30.8. The molecule has 2 rings (SSSR count). The molecule has 2 aliphatic rings. The van der Waals surface area contributed by atoms with Crippen molar-refractivity contribution in [3.8, 4) is 0 Å². The zero-order valence-electron chi connectivity index (χ0n) is 10.3. The lowest BCUT2D eigenvalue weighted by Gasteiger charge is -2.33. The number of hydrogen-bond acceptors (Lipinski definition) is 2. The first kappa shape index (κ1) is 11.9. The summed E-state index contributed by atoms with van der Waals surface area (Å²) in [5.74, 6) is 1.03. The van der Waals surface area contributed by atoms with E-state index in [2.05, 4.69) is 17.6 Å². The van der Waals surface area contributed by atoms with Crippen molar-refractivity contribution in [3.05, 3.63) is 0 Å². The molecular formula is C13H24N2O. The summed E-state index contributed by atoms with van der Waals surface area (Å²) in [7, 11) is 0. The van der Waals surface area contributed by atoms with Crippen LogP contribution >= 0.6 is 0 Å². The summed E-state index contributed by atoms with van der Waals surface area (Å²) in [6.45, 7) is 2.77.